The van der Waals surface area contributed by atoms with Gasteiger partial charge >= 0.3 is 0 Å². The molecule has 0 fully saturated rings. The zero-order valence-electron chi connectivity index (χ0n) is 12.2. The SMILES string of the molecule is CCOc1ccc(C(=O)Nc2cnc(N(C)C)nc2)cn1. The maximum atomic E-state index is 12.0. The molecule has 0 bridgehead atoms. The first-order chi connectivity index (χ1) is 10.1. The lowest BCUT2D eigenvalue weighted by Gasteiger charge is -2.10. The molecule has 0 unspecified atom stereocenters. The molecule has 110 valence electrons. The van der Waals surface area contributed by atoms with E-state index >= 15 is 0 Å². The molecule has 0 atom stereocenters. The topological polar surface area (TPSA) is 80.2 Å². The zero-order valence-corrected chi connectivity index (χ0v) is 12.2. The average Bonchev–Trinajstić information content (AvgIpc) is 2.49. The van der Waals surface area contributed by atoms with Gasteiger partial charge in [-0.25, -0.2) is 15.0 Å². The Balaban J connectivity index is 2.03. The van der Waals surface area contributed by atoms with Gasteiger partial charge in [0.25, 0.3) is 5.91 Å². The van der Waals surface area contributed by atoms with Crippen molar-refractivity contribution in [2.45, 2.75) is 6.92 Å². The van der Waals surface area contributed by atoms with Crippen LogP contribution in [0.15, 0.2) is 30.7 Å². The van der Waals surface area contributed by atoms with Gasteiger partial charge < -0.3 is 15.0 Å². The Bertz CT molecular complexity index is 596. The van der Waals surface area contributed by atoms with E-state index in [1.54, 1.807) is 29.4 Å². The largest absolute Gasteiger partial charge is 0.478 e. The van der Waals surface area contributed by atoms with Gasteiger partial charge in [-0.2, -0.15) is 0 Å². The fourth-order valence-electron chi connectivity index (χ4n) is 1.57. The molecular formula is C14H17N5O2. The molecule has 1 amide bonds. The van der Waals surface area contributed by atoms with E-state index < -0.39 is 0 Å². The van der Waals surface area contributed by atoms with Gasteiger partial charge in [0.1, 0.15) is 0 Å². The highest BCUT2D eigenvalue weighted by Crippen LogP contribution is 2.11. The van der Waals surface area contributed by atoms with Gasteiger partial charge in [-0.15, -0.1) is 0 Å². The van der Waals surface area contributed by atoms with Crippen molar-refractivity contribution >= 4 is 17.5 Å². The second kappa shape index (κ2) is 6.65. The van der Waals surface area contributed by atoms with Crippen molar-refractivity contribution in [2.75, 3.05) is 30.9 Å². The molecule has 2 heterocycles. The molecule has 21 heavy (non-hydrogen) atoms. The number of nitrogens with zero attached hydrogens (tertiary/aromatic N) is 4. The molecule has 2 rings (SSSR count). The number of ether oxygens (including phenoxy) is 1. The van der Waals surface area contributed by atoms with Gasteiger partial charge in [0, 0.05) is 26.4 Å². The molecule has 0 aliphatic carbocycles. The minimum Gasteiger partial charge on any atom is -0.478 e. The molecule has 0 aromatic carbocycles. The van der Waals surface area contributed by atoms with Crippen LogP contribution in [0.1, 0.15) is 17.3 Å². The Morgan fingerprint density at radius 1 is 1.19 bits per heavy atom. The Labute approximate surface area is 123 Å². The third kappa shape index (κ3) is 3.88. The average molecular weight is 287 g/mol. The minimum atomic E-state index is -0.272. The fraction of sp³-hybridized carbons (Fsp3) is 0.286. The van der Waals surface area contributed by atoms with E-state index in [0.29, 0.717) is 29.7 Å². The fourth-order valence-corrected chi connectivity index (χ4v) is 1.57. The molecule has 0 saturated carbocycles. The van der Waals surface area contributed by atoms with Crippen LogP contribution in [0, 0.1) is 0 Å². The standard InChI is InChI=1S/C14H17N5O2/c1-4-21-12-6-5-10(7-15-12)13(20)18-11-8-16-14(17-9-11)19(2)3/h5-9H,4H2,1-3H3,(H,18,20). The maximum Gasteiger partial charge on any atom is 0.257 e. The predicted molar refractivity (Wildman–Crippen MR) is 79.7 cm³/mol. The van der Waals surface area contributed by atoms with Crippen LogP contribution in [0.5, 0.6) is 5.88 Å². The summed E-state index contributed by atoms with van der Waals surface area (Å²) in [4.78, 5) is 26.1. The quantitative estimate of drug-likeness (QED) is 0.899. The second-order valence-electron chi connectivity index (χ2n) is 4.44. The number of carbonyl (C=O) groups is 1. The van der Waals surface area contributed by atoms with Crippen LogP contribution in [0.25, 0.3) is 0 Å². The summed E-state index contributed by atoms with van der Waals surface area (Å²) < 4.78 is 5.23. The van der Waals surface area contributed by atoms with E-state index in [1.165, 1.54) is 6.20 Å². The van der Waals surface area contributed by atoms with E-state index in [1.807, 2.05) is 21.0 Å². The van der Waals surface area contributed by atoms with Crippen LogP contribution in [-0.4, -0.2) is 41.6 Å². The van der Waals surface area contributed by atoms with Gasteiger partial charge in [0.05, 0.1) is 30.3 Å². The summed E-state index contributed by atoms with van der Waals surface area (Å²) in [6.07, 6.45) is 4.58. The molecule has 2 aromatic rings. The van der Waals surface area contributed by atoms with Crippen molar-refractivity contribution in [3.63, 3.8) is 0 Å². The van der Waals surface area contributed by atoms with Crippen molar-refractivity contribution in [1.29, 1.82) is 0 Å². The zero-order chi connectivity index (χ0) is 15.2. The number of hydrogen-bond donors (Lipinski definition) is 1. The van der Waals surface area contributed by atoms with Gasteiger partial charge in [-0.3, -0.25) is 4.79 Å². The maximum absolute atomic E-state index is 12.0. The van der Waals surface area contributed by atoms with Gasteiger partial charge in [0.2, 0.25) is 11.8 Å². The summed E-state index contributed by atoms with van der Waals surface area (Å²) in [6.45, 7) is 2.41. The van der Waals surface area contributed by atoms with Crippen LogP contribution >= 0.6 is 0 Å². The summed E-state index contributed by atoms with van der Waals surface area (Å²) in [7, 11) is 3.69. The number of hydrogen-bond acceptors (Lipinski definition) is 6. The van der Waals surface area contributed by atoms with E-state index in [9.17, 15) is 4.79 Å². The molecular weight excluding hydrogens is 270 g/mol. The number of pyridine rings is 1. The molecule has 0 aliphatic heterocycles. The predicted octanol–water partition coefficient (Wildman–Crippen LogP) is 1.59. The number of aromatic nitrogens is 3. The van der Waals surface area contributed by atoms with Gasteiger partial charge in [-0.05, 0) is 13.0 Å². The summed E-state index contributed by atoms with van der Waals surface area (Å²) >= 11 is 0. The van der Waals surface area contributed by atoms with Crippen LogP contribution in [0.2, 0.25) is 0 Å². The van der Waals surface area contributed by atoms with Crippen molar-refractivity contribution in [1.82, 2.24) is 15.0 Å². The first kappa shape index (κ1) is 14.7. The van der Waals surface area contributed by atoms with Crippen molar-refractivity contribution < 1.29 is 9.53 Å². The monoisotopic (exact) mass is 287 g/mol. The van der Waals surface area contributed by atoms with E-state index in [-0.39, 0.29) is 5.91 Å². The summed E-state index contributed by atoms with van der Waals surface area (Å²) in [6, 6.07) is 3.31. The molecule has 0 aliphatic rings. The van der Waals surface area contributed by atoms with E-state index in [0.717, 1.165) is 0 Å². The number of nitrogens with one attached hydrogen (secondary N) is 1. The lowest BCUT2D eigenvalue weighted by atomic mass is 10.2. The lowest BCUT2D eigenvalue weighted by Crippen LogP contribution is -2.15. The van der Waals surface area contributed by atoms with E-state index in [4.69, 9.17) is 4.74 Å². The third-order valence-electron chi connectivity index (χ3n) is 2.59. The first-order valence-electron chi connectivity index (χ1n) is 6.49. The van der Waals surface area contributed by atoms with Crippen LogP contribution in [-0.2, 0) is 0 Å². The summed E-state index contributed by atoms with van der Waals surface area (Å²) in [5.74, 6) is 0.801. The molecule has 0 radical (unpaired) electrons. The van der Waals surface area contributed by atoms with Gasteiger partial charge in [0.15, 0.2) is 0 Å². The first-order valence-corrected chi connectivity index (χ1v) is 6.49. The number of amides is 1. The molecule has 0 saturated heterocycles. The van der Waals surface area contributed by atoms with E-state index in [2.05, 4.69) is 20.3 Å². The molecule has 1 N–H and O–H groups in total. The van der Waals surface area contributed by atoms with Crippen LogP contribution in [0.4, 0.5) is 11.6 Å². The summed E-state index contributed by atoms with van der Waals surface area (Å²) in [5, 5.41) is 2.71. The highest BCUT2D eigenvalue weighted by Gasteiger charge is 2.08. The number of carbonyl (C=O) groups excluding carboxylic acids is 1. The smallest absolute Gasteiger partial charge is 0.257 e. The summed E-state index contributed by atoms with van der Waals surface area (Å²) in [5.41, 5.74) is 0.967. The molecule has 0 spiro atoms. The molecule has 7 nitrogen and oxygen atoms in total. The van der Waals surface area contributed by atoms with Crippen LogP contribution in [0.3, 0.4) is 0 Å². The molecule has 7 heteroatoms. The third-order valence-corrected chi connectivity index (χ3v) is 2.59. The lowest BCUT2D eigenvalue weighted by molar-refractivity contribution is 0.102. The van der Waals surface area contributed by atoms with Crippen molar-refractivity contribution in [3.8, 4) is 5.88 Å². The Morgan fingerprint density at radius 3 is 2.43 bits per heavy atom. The molecule has 2 aromatic heterocycles. The number of anilines is 2. The Morgan fingerprint density at radius 2 is 1.90 bits per heavy atom. The van der Waals surface area contributed by atoms with Gasteiger partial charge in [-0.1, -0.05) is 0 Å². The van der Waals surface area contributed by atoms with Crippen molar-refractivity contribution in [3.05, 3.63) is 36.3 Å². The highest BCUT2D eigenvalue weighted by atomic mass is 16.5. The van der Waals surface area contributed by atoms with Crippen molar-refractivity contribution in [2.24, 2.45) is 0 Å². The van der Waals surface area contributed by atoms with Crippen LogP contribution < -0.4 is 15.0 Å². The Kier molecular flexibility index (Phi) is 4.65. The minimum absolute atomic E-state index is 0.272. The number of rotatable bonds is 5. The highest BCUT2D eigenvalue weighted by molar-refractivity contribution is 6.03. The normalized spacial score (nSPS) is 10.0. The Hall–Kier alpha value is -2.70. The second-order valence-corrected chi connectivity index (χ2v) is 4.44.